The number of aromatic nitrogens is 1. The van der Waals surface area contributed by atoms with E-state index in [2.05, 4.69) is 10.3 Å². The summed E-state index contributed by atoms with van der Waals surface area (Å²) in [5.41, 5.74) is 3.23. The topological polar surface area (TPSA) is 48.8 Å². The summed E-state index contributed by atoms with van der Waals surface area (Å²) in [4.78, 5) is 4.16. The highest BCUT2D eigenvalue weighted by Gasteiger charge is 2.03. The van der Waals surface area contributed by atoms with E-state index in [0.717, 1.165) is 16.9 Å². The lowest BCUT2D eigenvalue weighted by Gasteiger charge is -2.06. The molecule has 1 rings (SSSR count). The van der Waals surface area contributed by atoms with Gasteiger partial charge in [-0.2, -0.15) is 0 Å². The van der Waals surface area contributed by atoms with Crippen molar-refractivity contribution in [3.8, 4) is 0 Å². The fraction of sp³-hybridized carbons (Fsp3) is 0.455. The molecule has 0 bridgehead atoms. The highest BCUT2D eigenvalue weighted by Crippen LogP contribution is 2.13. The molecule has 0 amide bonds. The second kappa shape index (κ2) is 6.13. The van der Waals surface area contributed by atoms with Crippen molar-refractivity contribution in [2.75, 3.05) is 12.4 Å². The normalized spacial score (nSPS) is 8.64. The number of pyridine rings is 1. The zero-order valence-electron chi connectivity index (χ0n) is 9.60. The molecule has 0 aliphatic rings. The van der Waals surface area contributed by atoms with Crippen LogP contribution >= 0.6 is 0 Å². The highest BCUT2D eigenvalue weighted by atomic mass is 14.9. The summed E-state index contributed by atoms with van der Waals surface area (Å²) in [6.07, 6.45) is 1.77. The zero-order valence-corrected chi connectivity index (χ0v) is 9.60. The minimum absolute atomic E-state index is 0.486. The smallest absolute Gasteiger partial charge is 0.106 e. The Morgan fingerprint density at radius 3 is 2.43 bits per heavy atom. The number of aryl methyl sites for hydroxylation is 1. The van der Waals surface area contributed by atoms with E-state index in [-0.39, 0.29) is 0 Å². The van der Waals surface area contributed by atoms with Crippen molar-refractivity contribution in [3.63, 3.8) is 0 Å². The number of rotatable bonds is 2. The summed E-state index contributed by atoms with van der Waals surface area (Å²) in [5.74, 6) is 0. The third kappa shape index (κ3) is 3.17. The molecule has 78 valence electrons. The molecule has 1 aromatic rings. The van der Waals surface area contributed by atoms with Gasteiger partial charge in [0.1, 0.15) is 5.69 Å². The van der Waals surface area contributed by atoms with Gasteiger partial charge in [0.2, 0.25) is 0 Å². The van der Waals surface area contributed by atoms with E-state index in [0.29, 0.717) is 5.71 Å². The van der Waals surface area contributed by atoms with Gasteiger partial charge in [-0.3, -0.25) is 4.98 Å². The Bertz CT molecular complexity index is 305. The lowest BCUT2D eigenvalue weighted by atomic mass is 10.2. The quantitative estimate of drug-likeness (QED) is 0.709. The van der Waals surface area contributed by atoms with Crippen molar-refractivity contribution in [3.05, 3.63) is 23.5 Å². The molecule has 1 heterocycles. The number of nitrogens with zero attached hydrogens (tertiary/aromatic N) is 1. The summed E-state index contributed by atoms with van der Waals surface area (Å²) in [7, 11) is 1.84. The monoisotopic (exact) mass is 193 g/mol. The molecule has 0 unspecified atom stereocenters. The predicted octanol–water partition coefficient (Wildman–Crippen LogP) is 2.85. The molecule has 0 aliphatic heterocycles. The maximum Gasteiger partial charge on any atom is 0.106 e. The Balaban J connectivity index is 0.000000791. The van der Waals surface area contributed by atoms with Crippen LogP contribution in [0.1, 0.15) is 32.0 Å². The molecular formula is C11H19N3. The van der Waals surface area contributed by atoms with Gasteiger partial charge in [0.05, 0.1) is 11.4 Å². The van der Waals surface area contributed by atoms with Gasteiger partial charge in [-0.25, -0.2) is 0 Å². The second-order valence-corrected chi connectivity index (χ2v) is 2.78. The molecule has 0 aliphatic carbocycles. The number of anilines is 1. The predicted molar refractivity (Wildman–Crippen MR) is 62.4 cm³/mol. The first-order chi connectivity index (χ1) is 6.65. The summed E-state index contributed by atoms with van der Waals surface area (Å²) in [6.45, 7) is 7.72. The van der Waals surface area contributed by atoms with Crippen LogP contribution in [0, 0.1) is 12.3 Å². The molecule has 14 heavy (non-hydrogen) atoms. The van der Waals surface area contributed by atoms with E-state index in [9.17, 15) is 0 Å². The van der Waals surface area contributed by atoms with Crippen LogP contribution in [0.25, 0.3) is 0 Å². The van der Waals surface area contributed by atoms with Crippen LogP contribution in [0.3, 0.4) is 0 Å². The minimum Gasteiger partial charge on any atom is -0.386 e. The average molecular weight is 193 g/mol. The first-order valence-corrected chi connectivity index (χ1v) is 4.85. The van der Waals surface area contributed by atoms with Gasteiger partial charge in [-0.05, 0) is 25.5 Å². The van der Waals surface area contributed by atoms with Crippen LogP contribution in [0.15, 0.2) is 12.3 Å². The maximum absolute atomic E-state index is 7.45. The zero-order chi connectivity index (χ0) is 11.1. The molecular weight excluding hydrogens is 174 g/mol. The van der Waals surface area contributed by atoms with Crippen LogP contribution in [0.5, 0.6) is 0 Å². The van der Waals surface area contributed by atoms with E-state index in [1.54, 1.807) is 13.1 Å². The molecule has 3 heteroatoms. The Kier molecular flexibility index (Phi) is 5.53. The van der Waals surface area contributed by atoms with Crippen molar-refractivity contribution in [1.29, 1.82) is 5.41 Å². The first kappa shape index (κ1) is 12.6. The van der Waals surface area contributed by atoms with Crippen molar-refractivity contribution in [2.45, 2.75) is 27.7 Å². The molecule has 0 aromatic carbocycles. The Morgan fingerprint density at radius 1 is 1.43 bits per heavy atom. The SMILES string of the molecule is CC.CNc1cc(C)cnc1C(C)=N. The van der Waals surface area contributed by atoms with Gasteiger partial charge < -0.3 is 10.7 Å². The molecule has 0 spiro atoms. The lowest BCUT2D eigenvalue weighted by Crippen LogP contribution is -2.03. The van der Waals surface area contributed by atoms with Gasteiger partial charge in [0.25, 0.3) is 0 Å². The molecule has 0 saturated heterocycles. The number of nitrogens with one attached hydrogen (secondary N) is 2. The molecule has 3 nitrogen and oxygen atoms in total. The number of hydrogen-bond donors (Lipinski definition) is 2. The summed E-state index contributed by atoms with van der Waals surface area (Å²) >= 11 is 0. The number of hydrogen-bond acceptors (Lipinski definition) is 3. The Labute approximate surface area is 86.1 Å². The fourth-order valence-corrected chi connectivity index (χ4v) is 1.06. The van der Waals surface area contributed by atoms with E-state index < -0.39 is 0 Å². The highest BCUT2D eigenvalue weighted by molar-refractivity contribution is 5.99. The van der Waals surface area contributed by atoms with E-state index >= 15 is 0 Å². The van der Waals surface area contributed by atoms with Gasteiger partial charge in [-0.15, -0.1) is 0 Å². The third-order valence-corrected chi connectivity index (χ3v) is 1.65. The van der Waals surface area contributed by atoms with E-state index in [1.807, 2.05) is 33.9 Å². The van der Waals surface area contributed by atoms with Crippen LogP contribution < -0.4 is 5.32 Å². The summed E-state index contributed by atoms with van der Waals surface area (Å²) < 4.78 is 0. The van der Waals surface area contributed by atoms with Crippen LogP contribution in [0.4, 0.5) is 5.69 Å². The van der Waals surface area contributed by atoms with Crippen molar-refractivity contribution in [2.24, 2.45) is 0 Å². The summed E-state index contributed by atoms with van der Waals surface area (Å²) in [5, 5.41) is 10.5. The molecule has 1 aromatic heterocycles. The van der Waals surface area contributed by atoms with E-state index in [1.165, 1.54) is 0 Å². The molecule has 0 atom stereocenters. The van der Waals surface area contributed by atoms with Gasteiger partial charge >= 0.3 is 0 Å². The Morgan fingerprint density at radius 2 is 2.00 bits per heavy atom. The summed E-state index contributed by atoms with van der Waals surface area (Å²) in [6, 6.07) is 1.99. The van der Waals surface area contributed by atoms with E-state index in [4.69, 9.17) is 5.41 Å². The third-order valence-electron chi connectivity index (χ3n) is 1.65. The Hall–Kier alpha value is -1.38. The standard InChI is InChI=1S/C9H13N3.C2H6/c1-6-4-8(11-3)9(7(2)10)12-5-6;1-2/h4-5,10-11H,1-3H3;1-2H3. The molecule has 0 fully saturated rings. The second-order valence-electron chi connectivity index (χ2n) is 2.78. The van der Waals surface area contributed by atoms with Gasteiger partial charge in [0, 0.05) is 13.2 Å². The van der Waals surface area contributed by atoms with Gasteiger partial charge in [0.15, 0.2) is 0 Å². The fourth-order valence-electron chi connectivity index (χ4n) is 1.06. The maximum atomic E-state index is 7.45. The largest absolute Gasteiger partial charge is 0.386 e. The molecule has 0 saturated carbocycles. The molecule has 2 N–H and O–H groups in total. The van der Waals surface area contributed by atoms with Gasteiger partial charge in [-0.1, -0.05) is 13.8 Å². The molecule has 0 radical (unpaired) electrons. The van der Waals surface area contributed by atoms with Crippen LogP contribution in [0.2, 0.25) is 0 Å². The lowest BCUT2D eigenvalue weighted by molar-refractivity contribution is 1.22. The van der Waals surface area contributed by atoms with Crippen molar-refractivity contribution < 1.29 is 0 Å². The first-order valence-electron chi connectivity index (χ1n) is 4.85. The van der Waals surface area contributed by atoms with Crippen molar-refractivity contribution in [1.82, 2.24) is 4.98 Å². The van der Waals surface area contributed by atoms with Crippen molar-refractivity contribution >= 4 is 11.4 Å². The van der Waals surface area contributed by atoms with Crippen LogP contribution in [-0.2, 0) is 0 Å². The average Bonchev–Trinajstić information content (AvgIpc) is 2.20. The minimum atomic E-state index is 0.486. The van der Waals surface area contributed by atoms with Crippen LogP contribution in [-0.4, -0.2) is 17.7 Å².